The first-order valence-electron chi connectivity index (χ1n) is 13.6. The molecule has 5 heterocycles. The second-order valence-corrected chi connectivity index (χ2v) is 16.7. The third-order valence-corrected chi connectivity index (χ3v) is 12.7. The lowest BCUT2D eigenvalue weighted by atomic mass is 10.0. The van der Waals surface area contributed by atoms with Gasteiger partial charge < -0.3 is 14.7 Å². The van der Waals surface area contributed by atoms with Gasteiger partial charge in [0.05, 0.1) is 12.2 Å². The minimum Gasteiger partial charge on any atom is -0.452 e. The molecule has 5 aromatic rings. The summed E-state index contributed by atoms with van der Waals surface area (Å²) in [4.78, 5) is 8.71. The van der Waals surface area contributed by atoms with Gasteiger partial charge in [0.25, 0.3) is 0 Å². The number of hydroxylamine groups is 2. The summed E-state index contributed by atoms with van der Waals surface area (Å²) in [6, 6.07) is 10.5. The van der Waals surface area contributed by atoms with Gasteiger partial charge in [0, 0.05) is 65.3 Å². The molecule has 1 aromatic carbocycles. The van der Waals surface area contributed by atoms with Gasteiger partial charge in [0.2, 0.25) is 8.32 Å². The van der Waals surface area contributed by atoms with Gasteiger partial charge in [-0.05, 0) is 48.5 Å². The van der Waals surface area contributed by atoms with Crippen molar-refractivity contribution in [2.24, 2.45) is 0 Å². The van der Waals surface area contributed by atoms with Crippen molar-refractivity contribution in [3.63, 3.8) is 0 Å². The molecular weight excluding hydrogens is 504 g/mol. The molecule has 0 unspecified atom stereocenters. The third-order valence-electron chi connectivity index (χ3n) is 8.41. The number of hydrogen-bond acceptors (Lipinski definition) is 7. The van der Waals surface area contributed by atoms with Gasteiger partial charge in [-0.1, -0.05) is 39.0 Å². The second-order valence-electron chi connectivity index (χ2n) is 12.0. The average Bonchev–Trinajstić information content (AvgIpc) is 3.57. The highest BCUT2D eigenvalue weighted by Crippen LogP contribution is 2.40. The van der Waals surface area contributed by atoms with Crippen LogP contribution in [0.15, 0.2) is 65.7 Å². The van der Waals surface area contributed by atoms with E-state index < -0.39 is 8.32 Å². The molecule has 0 amide bonds. The van der Waals surface area contributed by atoms with Gasteiger partial charge in [0.1, 0.15) is 5.76 Å². The van der Waals surface area contributed by atoms with Gasteiger partial charge in [-0.25, -0.2) is 10.0 Å². The molecule has 6 rings (SSSR count). The fraction of sp³-hybridized carbons (Fsp3) is 0.367. The van der Waals surface area contributed by atoms with Gasteiger partial charge >= 0.3 is 0 Å². The minimum absolute atomic E-state index is 0.191. The van der Waals surface area contributed by atoms with Crippen molar-refractivity contribution < 1.29 is 8.94 Å². The molecule has 0 aliphatic carbocycles. The fourth-order valence-corrected chi connectivity index (χ4v) is 6.18. The topological polar surface area (TPSA) is 95.2 Å². The first kappa shape index (κ1) is 25.7. The van der Waals surface area contributed by atoms with Gasteiger partial charge in [0.15, 0.2) is 11.4 Å². The van der Waals surface area contributed by atoms with E-state index in [0.717, 1.165) is 64.5 Å². The molecule has 202 valence electrons. The van der Waals surface area contributed by atoms with Gasteiger partial charge in [-0.3, -0.25) is 9.67 Å². The normalized spacial score (nSPS) is 15.9. The molecule has 0 radical (unpaired) electrons. The van der Waals surface area contributed by atoms with Crippen molar-refractivity contribution in [2.75, 3.05) is 18.8 Å². The molecule has 1 fully saturated rings. The van der Waals surface area contributed by atoms with Crippen molar-refractivity contribution in [1.82, 2.24) is 24.8 Å². The van der Waals surface area contributed by atoms with Crippen LogP contribution in [0.4, 0.5) is 5.82 Å². The lowest BCUT2D eigenvalue weighted by Gasteiger charge is -2.42. The van der Waals surface area contributed by atoms with Gasteiger partial charge in [-0.15, -0.1) is 0 Å². The Bertz CT molecular complexity index is 1640. The van der Waals surface area contributed by atoms with E-state index in [-0.39, 0.29) is 5.04 Å². The zero-order valence-corrected chi connectivity index (χ0v) is 24.3. The zero-order chi connectivity index (χ0) is 27.4. The monoisotopic (exact) mass is 540 g/mol. The molecule has 8 nitrogen and oxygen atoms in total. The quantitative estimate of drug-likeness (QED) is 0.238. The molecule has 1 saturated heterocycles. The predicted molar refractivity (Wildman–Crippen MR) is 159 cm³/mol. The van der Waals surface area contributed by atoms with Crippen molar-refractivity contribution >= 4 is 35.9 Å². The molecule has 39 heavy (non-hydrogen) atoms. The van der Waals surface area contributed by atoms with Crippen LogP contribution in [-0.2, 0) is 4.53 Å². The first-order valence-corrected chi connectivity index (χ1v) is 16.5. The fourth-order valence-electron chi connectivity index (χ4n) is 5.08. The van der Waals surface area contributed by atoms with E-state index >= 15 is 0 Å². The number of aromatic nitrogens is 4. The summed E-state index contributed by atoms with van der Waals surface area (Å²) in [5.41, 5.74) is 9.82. The summed E-state index contributed by atoms with van der Waals surface area (Å²) in [6.07, 6.45) is 11.5. The van der Waals surface area contributed by atoms with Crippen LogP contribution in [0, 0.1) is 0 Å². The van der Waals surface area contributed by atoms with Crippen LogP contribution in [0.3, 0.4) is 0 Å². The number of nitrogen functional groups attached to an aromatic ring is 1. The first-order chi connectivity index (χ1) is 18.6. The van der Waals surface area contributed by atoms with Crippen LogP contribution in [0.2, 0.25) is 18.1 Å². The highest BCUT2D eigenvalue weighted by Gasteiger charge is 2.40. The number of anilines is 1. The minimum atomic E-state index is -1.83. The molecular formula is C30H36N6O2Si. The molecule has 0 atom stereocenters. The van der Waals surface area contributed by atoms with E-state index in [1.165, 1.54) is 0 Å². The summed E-state index contributed by atoms with van der Waals surface area (Å²) in [7, 11) is -1.83. The number of nitrogens with zero attached hydrogens (tertiary/aromatic N) is 5. The lowest BCUT2D eigenvalue weighted by Crippen LogP contribution is -2.48. The molecule has 1 aliphatic heterocycles. The standard InChI is InChI=1S/C30H36N6O2Si/c1-30(2,3)39(4,5)38-35-13-10-22(11-14-35)36-19-21(17-34-36)26-18-33-29(31)28-25(26)15-27(37-28)24-8-6-7-20-16-32-12-9-23(20)24/h6-9,12,15-19,22H,10-11,13-14H2,1-5H3,(H2,31,33). The van der Waals surface area contributed by atoms with Crippen LogP contribution >= 0.6 is 0 Å². The molecule has 9 heteroatoms. The van der Waals surface area contributed by atoms with Crippen LogP contribution < -0.4 is 5.73 Å². The van der Waals surface area contributed by atoms with E-state index in [1.807, 2.05) is 36.8 Å². The van der Waals surface area contributed by atoms with E-state index in [1.54, 1.807) is 6.20 Å². The molecule has 1 aliphatic rings. The number of furan rings is 1. The Balaban J connectivity index is 1.26. The largest absolute Gasteiger partial charge is 0.452 e. The number of hydrogen-bond donors (Lipinski definition) is 1. The average molecular weight is 541 g/mol. The third kappa shape index (κ3) is 4.75. The van der Waals surface area contributed by atoms with E-state index in [2.05, 4.69) is 71.9 Å². The number of fused-ring (bicyclic) bond motifs is 2. The van der Waals surface area contributed by atoms with E-state index in [9.17, 15) is 0 Å². The van der Waals surface area contributed by atoms with E-state index in [0.29, 0.717) is 17.4 Å². The Hall–Kier alpha value is -3.53. The Morgan fingerprint density at radius 3 is 2.59 bits per heavy atom. The number of pyridine rings is 2. The summed E-state index contributed by atoms with van der Waals surface area (Å²) in [5, 5.41) is 10.2. The molecule has 4 aromatic heterocycles. The maximum atomic E-state index is 6.54. The van der Waals surface area contributed by atoms with Crippen LogP contribution in [0.25, 0.3) is 44.2 Å². The molecule has 0 bridgehead atoms. The maximum Gasteiger partial charge on any atom is 0.220 e. The van der Waals surface area contributed by atoms with Crippen LogP contribution in [0.5, 0.6) is 0 Å². The number of benzene rings is 1. The van der Waals surface area contributed by atoms with Crippen LogP contribution in [-0.4, -0.2) is 46.2 Å². The summed E-state index contributed by atoms with van der Waals surface area (Å²) >= 11 is 0. The van der Waals surface area contributed by atoms with Crippen LogP contribution in [0.1, 0.15) is 39.7 Å². The molecule has 0 saturated carbocycles. The summed E-state index contributed by atoms with van der Waals surface area (Å²) in [5.74, 6) is 1.13. The summed E-state index contributed by atoms with van der Waals surface area (Å²) < 4.78 is 14.9. The zero-order valence-electron chi connectivity index (χ0n) is 23.3. The lowest BCUT2D eigenvalue weighted by molar-refractivity contribution is -0.0943. The Morgan fingerprint density at radius 2 is 1.82 bits per heavy atom. The highest BCUT2D eigenvalue weighted by atomic mass is 28.4. The Labute approximate surface area is 229 Å². The van der Waals surface area contributed by atoms with Gasteiger partial charge in [-0.2, -0.15) is 5.10 Å². The van der Waals surface area contributed by atoms with Crippen molar-refractivity contribution in [3.8, 4) is 22.5 Å². The summed E-state index contributed by atoms with van der Waals surface area (Å²) in [6.45, 7) is 13.3. The Morgan fingerprint density at radius 1 is 1.03 bits per heavy atom. The number of nitrogens with two attached hydrogens (primary N) is 1. The number of piperidine rings is 1. The van der Waals surface area contributed by atoms with Crippen molar-refractivity contribution in [1.29, 1.82) is 0 Å². The van der Waals surface area contributed by atoms with E-state index in [4.69, 9.17) is 19.8 Å². The second kappa shape index (κ2) is 9.58. The molecule has 0 spiro atoms. The smallest absolute Gasteiger partial charge is 0.220 e. The SMILES string of the molecule is CC(C)(C)[Si](C)(C)ON1CCC(n2cc(-c3cnc(N)c4oc(-c5cccc6cnccc56)cc34)cn2)CC1. The van der Waals surface area contributed by atoms with Crippen molar-refractivity contribution in [2.45, 2.75) is 57.8 Å². The highest BCUT2D eigenvalue weighted by molar-refractivity contribution is 6.74. The predicted octanol–water partition coefficient (Wildman–Crippen LogP) is 7.06. The molecule has 2 N–H and O–H groups in total. The number of rotatable bonds is 5. The maximum absolute atomic E-state index is 6.54. The Kier molecular flexibility index (Phi) is 6.32. The van der Waals surface area contributed by atoms with Crippen molar-refractivity contribution in [3.05, 3.63) is 61.3 Å².